The van der Waals surface area contributed by atoms with E-state index in [0.29, 0.717) is 17.2 Å². The van der Waals surface area contributed by atoms with Crippen LogP contribution in [-0.4, -0.2) is 36.6 Å². The number of nitrogens with one attached hydrogen (secondary N) is 1. The second-order valence-electron chi connectivity index (χ2n) is 5.55. The molecule has 0 aliphatic carbocycles. The average molecular weight is 309 g/mol. The van der Waals surface area contributed by atoms with Crippen LogP contribution in [0.2, 0.25) is 0 Å². The first-order valence-corrected chi connectivity index (χ1v) is 7.97. The molecule has 1 aromatic rings. The number of aromatic nitrogens is 1. The van der Waals surface area contributed by atoms with Gasteiger partial charge in [0.05, 0.1) is 0 Å². The summed E-state index contributed by atoms with van der Waals surface area (Å²) in [5, 5.41) is 3.62. The highest BCUT2D eigenvalue weighted by Crippen LogP contribution is 2.29. The number of rotatable bonds is 4. The van der Waals surface area contributed by atoms with Gasteiger partial charge >= 0.3 is 0 Å². The summed E-state index contributed by atoms with van der Waals surface area (Å²) in [6.07, 6.45) is 4.04. The van der Waals surface area contributed by atoms with Gasteiger partial charge in [0.2, 0.25) is 0 Å². The molecule has 0 aromatic carbocycles. The minimum atomic E-state index is -0.171. The minimum absolute atomic E-state index is 0.166. The third kappa shape index (κ3) is 4.18. The first-order valence-electron chi connectivity index (χ1n) is 7.15. The Bertz CT molecular complexity index is 535. The molecule has 2 rings (SSSR count). The van der Waals surface area contributed by atoms with E-state index in [0.717, 1.165) is 36.6 Å². The number of carbonyl (C=O) groups excluding carboxylic acids is 1. The van der Waals surface area contributed by atoms with Gasteiger partial charge in [-0.2, -0.15) is 0 Å². The molecule has 1 aliphatic heterocycles. The van der Waals surface area contributed by atoms with Crippen molar-refractivity contribution in [2.75, 3.05) is 30.3 Å². The normalized spacial score (nSPS) is 18.4. The van der Waals surface area contributed by atoms with Crippen molar-refractivity contribution in [2.45, 2.75) is 32.7 Å². The lowest BCUT2D eigenvalue weighted by Gasteiger charge is -2.30. The zero-order valence-corrected chi connectivity index (χ0v) is 13.4. The highest BCUT2D eigenvalue weighted by molar-refractivity contribution is 7.18. The van der Waals surface area contributed by atoms with Crippen LogP contribution in [0.1, 0.15) is 36.4 Å². The van der Waals surface area contributed by atoms with Crippen molar-refractivity contribution in [3.63, 3.8) is 0 Å². The van der Waals surface area contributed by atoms with E-state index in [9.17, 15) is 4.79 Å². The summed E-state index contributed by atoms with van der Waals surface area (Å²) in [7, 11) is 0. The Balaban J connectivity index is 2.04. The number of amides is 1. The molecule has 1 aromatic heterocycles. The largest absolute Gasteiger partial charge is 0.382 e. The molecular formula is C14H23N5OS. The predicted octanol–water partition coefficient (Wildman–Crippen LogP) is 1.35. The van der Waals surface area contributed by atoms with Gasteiger partial charge in [0.1, 0.15) is 10.7 Å². The number of allylic oxidation sites excluding steroid dienone is 1. The number of thiazole rings is 1. The van der Waals surface area contributed by atoms with Crippen molar-refractivity contribution >= 4 is 28.2 Å². The number of hydrogen-bond acceptors (Lipinski definition) is 6. The number of carbonyl (C=O) groups is 1. The maximum absolute atomic E-state index is 12.1. The summed E-state index contributed by atoms with van der Waals surface area (Å²) in [6.45, 7) is 6.17. The summed E-state index contributed by atoms with van der Waals surface area (Å²) in [5.74, 6) is 0.124. The second-order valence-corrected chi connectivity index (χ2v) is 6.53. The van der Waals surface area contributed by atoms with E-state index in [-0.39, 0.29) is 11.9 Å². The Morgan fingerprint density at radius 1 is 1.57 bits per heavy atom. The van der Waals surface area contributed by atoms with Gasteiger partial charge in [-0.1, -0.05) is 23.0 Å². The molecule has 0 spiro atoms. The Labute approximate surface area is 129 Å². The van der Waals surface area contributed by atoms with Gasteiger partial charge in [0, 0.05) is 25.7 Å². The average Bonchev–Trinajstić information content (AvgIpc) is 2.80. The molecular weight excluding hydrogens is 286 g/mol. The maximum atomic E-state index is 12.1. The van der Waals surface area contributed by atoms with Gasteiger partial charge in [0.15, 0.2) is 5.13 Å². The van der Waals surface area contributed by atoms with Crippen LogP contribution >= 0.6 is 11.3 Å². The third-order valence-electron chi connectivity index (χ3n) is 3.35. The number of nitrogen functional groups attached to an aromatic ring is 1. The summed E-state index contributed by atoms with van der Waals surface area (Å²) < 4.78 is 0. The van der Waals surface area contributed by atoms with E-state index in [1.807, 2.05) is 19.9 Å². The maximum Gasteiger partial charge on any atom is 0.265 e. The van der Waals surface area contributed by atoms with Gasteiger partial charge in [-0.3, -0.25) is 4.79 Å². The number of hydrogen-bond donors (Lipinski definition) is 3. The first kappa shape index (κ1) is 15.8. The minimum Gasteiger partial charge on any atom is -0.382 e. The quantitative estimate of drug-likeness (QED) is 0.729. The Kier molecular flexibility index (Phi) is 5.19. The van der Waals surface area contributed by atoms with Crippen LogP contribution in [-0.2, 0) is 0 Å². The summed E-state index contributed by atoms with van der Waals surface area (Å²) in [5.41, 5.74) is 13.0. The zero-order chi connectivity index (χ0) is 15.4. The Morgan fingerprint density at radius 2 is 2.33 bits per heavy atom. The van der Waals surface area contributed by atoms with Crippen LogP contribution in [0.25, 0.3) is 0 Å². The number of anilines is 2. The summed E-state index contributed by atoms with van der Waals surface area (Å²) >= 11 is 1.34. The molecule has 1 amide bonds. The van der Waals surface area contributed by atoms with Crippen LogP contribution in [0.4, 0.5) is 10.9 Å². The second kappa shape index (κ2) is 6.91. The molecule has 0 saturated carbocycles. The van der Waals surface area contributed by atoms with Crippen molar-refractivity contribution in [3.8, 4) is 0 Å². The number of nitrogens with two attached hydrogens (primary N) is 2. The molecule has 6 nitrogen and oxygen atoms in total. The lowest BCUT2D eigenvalue weighted by molar-refractivity contribution is 0.0962. The third-order valence-corrected chi connectivity index (χ3v) is 4.48. The highest BCUT2D eigenvalue weighted by atomic mass is 32.1. The van der Waals surface area contributed by atoms with Gasteiger partial charge in [-0.25, -0.2) is 4.98 Å². The van der Waals surface area contributed by atoms with Crippen LogP contribution in [0.5, 0.6) is 0 Å². The van der Waals surface area contributed by atoms with E-state index in [1.54, 1.807) is 0 Å². The van der Waals surface area contributed by atoms with Crippen molar-refractivity contribution in [3.05, 3.63) is 16.5 Å². The fraction of sp³-hybridized carbons (Fsp3) is 0.571. The van der Waals surface area contributed by atoms with Crippen LogP contribution in [0, 0.1) is 0 Å². The van der Waals surface area contributed by atoms with Crippen molar-refractivity contribution in [1.82, 2.24) is 10.3 Å². The standard InChI is InChI=1S/C14H23N5OS/c1-9(2)5-6-17-13(20)11-12(16)18-14(21-11)19-7-3-4-10(15)8-19/h5,10H,3-4,6-8,15-16H2,1-2H3,(H,17,20). The van der Waals surface area contributed by atoms with E-state index >= 15 is 0 Å². The van der Waals surface area contributed by atoms with E-state index in [2.05, 4.69) is 15.2 Å². The van der Waals surface area contributed by atoms with Crippen molar-refractivity contribution in [2.24, 2.45) is 5.73 Å². The van der Waals surface area contributed by atoms with E-state index in [4.69, 9.17) is 11.5 Å². The molecule has 0 radical (unpaired) electrons. The van der Waals surface area contributed by atoms with Gasteiger partial charge < -0.3 is 21.7 Å². The van der Waals surface area contributed by atoms with Crippen LogP contribution in [0.15, 0.2) is 11.6 Å². The zero-order valence-electron chi connectivity index (χ0n) is 12.6. The van der Waals surface area contributed by atoms with Crippen molar-refractivity contribution < 1.29 is 4.79 Å². The number of nitrogens with zero attached hydrogens (tertiary/aromatic N) is 2. The Morgan fingerprint density at radius 3 is 3.00 bits per heavy atom. The van der Waals surface area contributed by atoms with Crippen molar-refractivity contribution in [1.29, 1.82) is 0 Å². The van der Waals surface area contributed by atoms with Gasteiger partial charge in [0.25, 0.3) is 5.91 Å². The molecule has 1 fully saturated rings. The van der Waals surface area contributed by atoms with Gasteiger partial charge in [-0.15, -0.1) is 0 Å². The summed E-state index contributed by atoms with van der Waals surface area (Å²) in [6, 6.07) is 0.166. The molecule has 0 bridgehead atoms. The molecule has 2 heterocycles. The smallest absolute Gasteiger partial charge is 0.265 e. The molecule has 5 N–H and O–H groups in total. The monoisotopic (exact) mass is 309 g/mol. The topological polar surface area (TPSA) is 97.3 Å². The lowest BCUT2D eigenvalue weighted by atomic mass is 10.1. The molecule has 1 aliphatic rings. The van der Waals surface area contributed by atoms with Gasteiger partial charge in [-0.05, 0) is 26.7 Å². The predicted molar refractivity (Wildman–Crippen MR) is 87.7 cm³/mol. The molecule has 1 atom stereocenters. The highest BCUT2D eigenvalue weighted by Gasteiger charge is 2.23. The Hall–Kier alpha value is -1.60. The molecule has 21 heavy (non-hydrogen) atoms. The number of piperidine rings is 1. The molecule has 1 saturated heterocycles. The summed E-state index contributed by atoms with van der Waals surface area (Å²) in [4.78, 5) is 19.0. The molecule has 1 unspecified atom stereocenters. The van der Waals surface area contributed by atoms with E-state index < -0.39 is 0 Å². The molecule has 7 heteroatoms. The van der Waals surface area contributed by atoms with Crippen LogP contribution in [0.3, 0.4) is 0 Å². The van der Waals surface area contributed by atoms with Crippen LogP contribution < -0.4 is 21.7 Å². The fourth-order valence-electron chi connectivity index (χ4n) is 2.23. The lowest BCUT2D eigenvalue weighted by Crippen LogP contribution is -2.42. The van der Waals surface area contributed by atoms with E-state index in [1.165, 1.54) is 11.3 Å². The molecule has 116 valence electrons. The fourth-order valence-corrected chi connectivity index (χ4v) is 3.17. The first-order chi connectivity index (χ1) is 9.97. The SMILES string of the molecule is CC(C)=CCNC(=O)c1sc(N2CCCC(N)C2)nc1N.